The third-order valence-electron chi connectivity index (χ3n) is 5.11. The second kappa shape index (κ2) is 9.66. The summed E-state index contributed by atoms with van der Waals surface area (Å²) < 4.78 is 1.48. The van der Waals surface area contributed by atoms with Crippen molar-refractivity contribution >= 4 is 51.5 Å². The number of anilines is 1. The molecule has 0 aliphatic carbocycles. The van der Waals surface area contributed by atoms with E-state index in [1.54, 1.807) is 31.2 Å². The number of amides is 1. The van der Waals surface area contributed by atoms with Crippen LogP contribution in [0.4, 0.5) is 11.4 Å². The zero-order valence-corrected chi connectivity index (χ0v) is 19.8. The van der Waals surface area contributed by atoms with Crippen molar-refractivity contribution in [1.29, 1.82) is 0 Å². The van der Waals surface area contributed by atoms with Gasteiger partial charge in [-0.1, -0.05) is 53.2 Å². The van der Waals surface area contributed by atoms with Crippen molar-refractivity contribution in [1.82, 2.24) is 9.55 Å². The second-order valence-corrected chi connectivity index (χ2v) is 9.27. The number of aromatic nitrogens is 2. The molecule has 1 aromatic heterocycles. The van der Waals surface area contributed by atoms with E-state index >= 15 is 0 Å². The first-order chi connectivity index (χ1) is 16.2. The van der Waals surface area contributed by atoms with Crippen molar-refractivity contribution in [2.75, 3.05) is 5.32 Å². The van der Waals surface area contributed by atoms with Crippen molar-refractivity contribution in [3.63, 3.8) is 0 Å². The standard InChI is InChI=1S/C24H19ClN4O4S/c1-14-7-9-16(10-8-14)28-23(31)18-5-3-4-6-20(18)27-24(28)34-15(2)22(30)26-21-13-17(29(32)33)11-12-19(21)25/h3-13,15H,1-2H3,(H,26,30)/t15-/m1/s1. The number of benzene rings is 3. The molecule has 34 heavy (non-hydrogen) atoms. The summed E-state index contributed by atoms with van der Waals surface area (Å²) in [5.41, 5.74) is 1.89. The Morgan fingerprint density at radius 3 is 2.56 bits per heavy atom. The van der Waals surface area contributed by atoms with Gasteiger partial charge in [0, 0.05) is 12.1 Å². The van der Waals surface area contributed by atoms with Crippen LogP contribution < -0.4 is 10.9 Å². The summed E-state index contributed by atoms with van der Waals surface area (Å²) in [7, 11) is 0. The number of hydrogen-bond donors (Lipinski definition) is 1. The van der Waals surface area contributed by atoms with Crippen LogP contribution in [0.2, 0.25) is 5.02 Å². The number of rotatable bonds is 6. The van der Waals surface area contributed by atoms with Crippen LogP contribution in [0, 0.1) is 17.0 Å². The molecule has 1 heterocycles. The molecule has 0 bridgehead atoms. The fraction of sp³-hybridized carbons (Fsp3) is 0.125. The van der Waals surface area contributed by atoms with Gasteiger partial charge < -0.3 is 5.32 Å². The average molecular weight is 495 g/mol. The van der Waals surface area contributed by atoms with Gasteiger partial charge in [-0.05, 0) is 44.2 Å². The highest BCUT2D eigenvalue weighted by molar-refractivity contribution is 8.00. The van der Waals surface area contributed by atoms with Gasteiger partial charge >= 0.3 is 0 Å². The lowest BCUT2D eigenvalue weighted by atomic mass is 10.2. The van der Waals surface area contributed by atoms with Crippen LogP contribution in [-0.4, -0.2) is 25.6 Å². The number of nitro groups is 1. The molecular weight excluding hydrogens is 476 g/mol. The first kappa shape index (κ1) is 23.5. The van der Waals surface area contributed by atoms with Gasteiger partial charge in [0.25, 0.3) is 11.2 Å². The van der Waals surface area contributed by atoms with E-state index in [9.17, 15) is 19.7 Å². The van der Waals surface area contributed by atoms with Gasteiger partial charge in [0.15, 0.2) is 5.16 Å². The molecule has 0 aliphatic rings. The molecule has 3 aromatic carbocycles. The number of non-ortho nitro benzene ring substituents is 1. The summed E-state index contributed by atoms with van der Waals surface area (Å²) in [5, 5.41) is 14.0. The Bertz CT molecular complexity index is 1470. The number of aryl methyl sites for hydroxylation is 1. The minimum atomic E-state index is -0.694. The molecule has 10 heteroatoms. The van der Waals surface area contributed by atoms with E-state index in [1.807, 2.05) is 31.2 Å². The van der Waals surface area contributed by atoms with E-state index in [1.165, 1.54) is 22.8 Å². The van der Waals surface area contributed by atoms with Crippen LogP contribution in [0.15, 0.2) is 76.7 Å². The summed E-state index contributed by atoms with van der Waals surface area (Å²) in [6.45, 7) is 3.61. The Labute approximate surface area is 203 Å². The molecule has 0 aliphatic heterocycles. The predicted octanol–water partition coefficient (Wildman–Crippen LogP) is 5.38. The smallest absolute Gasteiger partial charge is 0.271 e. The minimum Gasteiger partial charge on any atom is -0.324 e. The van der Waals surface area contributed by atoms with Crippen molar-refractivity contribution in [3.05, 3.63) is 97.8 Å². The summed E-state index contributed by atoms with van der Waals surface area (Å²) in [5.74, 6) is -0.440. The van der Waals surface area contributed by atoms with Crippen LogP contribution in [-0.2, 0) is 4.79 Å². The normalized spacial score (nSPS) is 11.9. The Hall–Kier alpha value is -3.69. The molecule has 8 nitrogen and oxygen atoms in total. The lowest BCUT2D eigenvalue weighted by Crippen LogP contribution is -2.26. The van der Waals surface area contributed by atoms with Gasteiger partial charge in [0.2, 0.25) is 5.91 Å². The highest BCUT2D eigenvalue weighted by atomic mass is 35.5. The molecule has 0 saturated carbocycles. The number of nitrogens with zero attached hydrogens (tertiary/aromatic N) is 3. The minimum absolute atomic E-state index is 0.135. The number of carbonyl (C=O) groups is 1. The lowest BCUT2D eigenvalue weighted by molar-refractivity contribution is -0.384. The molecule has 0 fully saturated rings. The third kappa shape index (κ3) is 4.80. The molecule has 4 rings (SSSR count). The number of nitrogens with one attached hydrogen (secondary N) is 1. The monoisotopic (exact) mass is 494 g/mol. The van der Waals surface area contributed by atoms with E-state index in [4.69, 9.17) is 11.6 Å². The highest BCUT2D eigenvalue weighted by Gasteiger charge is 2.22. The summed E-state index contributed by atoms with van der Waals surface area (Å²) in [4.78, 5) is 41.4. The van der Waals surface area contributed by atoms with Crippen molar-refractivity contribution in [3.8, 4) is 5.69 Å². The third-order valence-corrected chi connectivity index (χ3v) is 6.49. The van der Waals surface area contributed by atoms with Gasteiger partial charge in [0.1, 0.15) is 0 Å². The van der Waals surface area contributed by atoms with E-state index < -0.39 is 16.1 Å². The molecule has 1 N–H and O–H groups in total. The van der Waals surface area contributed by atoms with Crippen LogP contribution in [0.25, 0.3) is 16.6 Å². The van der Waals surface area contributed by atoms with Gasteiger partial charge in [-0.15, -0.1) is 0 Å². The largest absolute Gasteiger partial charge is 0.324 e. The molecule has 1 atom stereocenters. The number of thioether (sulfide) groups is 1. The van der Waals surface area contributed by atoms with Crippen molar-refractivity contribution in [2.24, 2.45) is 0 Å². The van der Waals surface area contributed by atoms with Crippen LogP contribution in [0.5, 0.6) is 0 Å². The highest BCUT2D eigenvalue weighted by Crippen LogP contribution is 2.29. The van der Waals surface area contributed by atoms with E-state index in [0.717, 1.165) is 17.3 Å². The van der Waals surface area contributed by atoms with Gasteiger partial charge in [0.05, 0.1) is 37.5 Å². The average Bonchev–Trinajstić information content (AvgIpc) is 2.81. The van der Waals surface area contributed by atoms with Crippen LogP contribution >= 0.6 is 23.4 Å². The fourth-order valence-electron chi connectivity index (χ4n) is 3.28. The molecule has 4 aromatic rings. The topological polar surface area (TPSA) is 107 Å². The van der Waals surface area contributed by atoms with Crippen molar-refractivity contribution < 1.29 is 9.72 Å². The molecule has 172 valence electrons. The van der Waals surface area contributed by atoms with Crippen molar-refractivity contribution in [2.45, 2.75) is 24.3 Å². The maximum absolute atomic E-state index is 13.4. The summed E-state index contributed by atoms with van der Waals surface area (Å²) >= 11 is 7.22. The molecule has 0 spiro atoms. The Kier molecular flexibility index (Phi) is 6.67. The number of para-hydroxylation sites is 1. The first-order valence-corrected chi connectivity index (χ1v) is 11.5. The zero-order chi connectivity index (χ0) is 24.4. The second-order valence-electron chi connectivity index (χ2n) is 7.56. The number of halogens is 1. The van der Waals surface area contributed by atoms with E-state index in [-0.39, 0.29) is 22.0 Å². The Morgan fingerprint density at radius 2 is 1.85 bits per heavy atom. The van der Waals surface area contributed by atoms with Gasteiger partial charge in [-0.2, -0.15) is 0 Å². The summed E-state index contributed by atoms with van der Waals surface area (Å²) in [6, 6.07) is 18.3. The number of carbonyl (C=O) groups excluding carboxylic acids is 1. The molecular formula is C24H19ClN4O4S. The molecule has 0 saturated heterocycles. The predicted molar refractivity (Wildman–Crippen MR) is 134 cm³/mol. The number of hydrogen-bond acceptors (Lipinski definition) is 6. The van der Waals surface area contributed by atoms with E-state index in [0.29, 0.717) is 21.7 Å². The number of fused-ring (bicyclic) bond motifs is 1. The fourth-order valence-corrected chi connectivity index (χ4v) is 4.37. The lowest BCUT2D eigenvalue weighted by Gasteiger charge is -2.17. The maximum Gasteiger partial charge on any atom is 0.271 e. The molecule has 0 unspecified atom stereocenters. The number of nitro benzene ring substituents is 1. The first-order valence-electron chi connectivity index (χ1n) is 10.2. The summed E-state index contributed by atoms with van der Waals surface area (Å²) in [6.07, 6.45) is 0. The van der Waals surface area contributed by atoms with Gasteiger partial charge in [-0.3, -0.25) is 24.3 Å². The maximum atomic E-state index is 13.4. The SMILES string of the molecule is Cc1ccc(-n2c(S[C@H](C)C(=O)Nc3cc([N+](=O)[O-])ccc3Cl)nc3ccccc3c2=O)cc1. The Morgan fingerprint density at radius 1 is 1.15 bits per heavy atom. The quantitative estimate of drug-likeness (QED) is 0.167. The zero-order valence-electron chi connectivity index (χ0n) is 18.2. The van der Waals surface area contributed by atoms with Crippen LogP contribution in [0.3, 0.4) is 0 Å². The molecule has 0 radical (unpaired) electrons. The van der Waals surface area contributed by atoms with Gasteiger partial charge in [-0.25, -0.2) is 4.98 Å². The molecule has 1 amide bonds. The van der Waals surface area contributed by atoms with Crippen LogP contribution in [0.1, 0.15) is 12.5 Å². The Balaban J connectivity index is 1.70. The van der Waals surface area contributed by atoms with E-state index in [2.05, 4.69) is 10.3 Å².